The van der Waals surface area contributed by atoms with Crippen LogP contribution < -0.4 is 0 Å². The molecule has 0 rings (SSSR count). The number of hydrogen-bond donors (Lipinski definition) is 3. The van der Waals surface area contributed by atoms with Gasteiger partial charge in [-0.1, -0.05) is 0 Å². The molecule has 1 unspecified atom stereocenters. The van der Waals surface area contributed by atoms with Crippen molar-refractivity contribution in [3.05, 3.63) is 0 Å². The van der Waals surface area contributed by atoms with Crippen LogP contribution in [0.4, 0.5) is 0 Å². The zero-order valence-corrected chi connectivity index (χ0v) is 13.0. The van der Waals surface area contributed by atoms with Gasteiger partial charge in [-0.15, -0.1) is 0 Å². The lowest BCUT2D eigenvalue weighted by Gasteiger charge is -2.34. The van der Waals surface area contributed by atoms with E-state index < -0.39 is 17.8 Å². The molecule has 4 atom stereocenters. The third-order valence-electron chi connectivity index (χ3n) is 3.14. The normalized spacial score (nSPS) is 19.3. The maximum Gasteiger partial charge on any atom is 0.104 e. The molecule has 0 saturated carbocycles. The van der Waals surface area contributed by atoms with Crippen molar-refractivity contribution in [2.45, 2.75) is 71.1 Å². The van der Waals surface area contributed by atoms with Gasteiger partial charge in [-0.05, 0) is 41.0 Å². The standard InChI is InChI=1S/C14H30O5/c1-9(2)19-8-12(15)13(16)11(10(3)18-6)7-14(4,5)17/h9-13,15-17H,7-8H2,1-6H3/t10-,11+,12?,13+/m0/s1. The fourth-order valence-electron chi connectivity index (χ4n) is 1.99. The lowest BCUT2D eigenvalue weighted by atomic mass is 9.84. The van der Waals surface area contributed by atoms with E-state index in [2.05, 4.69) is 0 Å². The summed E-state index contributed by atoms with van der Waals surface area (Å²) >= 11 is 0. The van der Waals surface area contributed by atoms with Crippen molar-refractivity contribution in [2.24, 2.45) is 5.92 Å². The zero-order chi connectivity index (χ0) is 15.2. The molecule has 0 spiro atoms. The predicted molar refractivity (Wildman–Crippen MR) is 74.0 cm³/mol. The van der Waals surface area contributed by atoms with E-state index in [1.807, 2.05) is 20.8 Å². The van der Waals surface area contributed by atoms with Crippen molar-refractivity contribution in [2.75, 3.05) is 13.7 Å². The lowest BCUT2D eigenvalue weighted by molar-refractivity contribution is -0.112. The van der Waals surface area contributed by atoms with Crippen LogP contribution in [0, 0.1) is 5.92 Å². The zero-order valence-electron chi connectivity index (χ0n) is 13.0. The van der Waals surface area contributed by atoms with Gasteiger partial charge in [0.2, 0.25) is 0 Å². The molecule has 0 amide bonds. The van der Waals surface area contributed by atoms with E-state index in [1.54, 1.807) is 21.0 Å². The highest BCUT2D eigenvalue weighted by molar-refractivity contribution is 4.85. The smallest absolute Gasteiger partial charge is 0.104 e. The Hall–Kier alpha value is -0.200. The van der Waals surface area contributed by atoms with Crippen LogP contribution in [0.2, 0.25) is 0 Å². The average Bonchev–Trinajstić information content (AvgIpc) is 2.29. The molecular weight excluding hydrogens is 248 g/mol. The minimum Gasteiger partial charge on any atom is -0.390 e. The second-order valence-corrected chi connectivity index (χ2v) is 6.06. The molecule has 3 N–H and O–H groups in total. The Bertz CT molecular complexity index is 236. The maximum absolute atomic E-state index is 10.2. The molecule has 0 saturated heterocycles. The largest absolute Gasteiger partial charge is 0.390 e. The van der Waals surface area contributed by atoms with Gasteiger partial charge >= 0.3 is 0 Å². The summed E-state index contributed by atoms with van der Waals surface area (Å²) in [6.45, 7) is 8.96. The second kappa shape index (κ2) is 8.17. The predicted octanol–water partition coefficient (Wildman–Crippen LogP) is 0.945. The topological polar surface area (TPSA) is 79.2 Å². The summed E-state index contributed by atoms with van der Waals surface area (Å²) in [5.41, 5.74) is -0.933. The Morgan fingerprint density at radius 1 is 1.11 bits per heavy atom. The molecule has 19 heavy (non-hydrogen) atoms. The molecule has 0 aliphatic heterocycles. The Balaban J connectivity index is 4.65. The van der Waals surface area contributed by atoms with Crippen LogP contribution in [0.15, 0.2) is 0 Å². The summed E-state index contributed by atoms with van der Waals surface area (Å²) in [6, 6.07) is 0. The first-order valence-electron chi connectivity index (χ1n) is 6.81. The maximum atomic E-state index is 10.2. The van der Waals surface area contributed by atoms with E-state index in [1.165, 1.54) is 0 Å². The van der Waals surface area contributed by atoms with E-state index >= 15 is 0 Å². The summed E-state index contributed by atoms with van der Waals surface area (Å²) in [5, 5.41) is 30.1. The van der Waals surface area contributed by atoms with Gasteiger partial charge in [0.15, 0.2) is 0 Å². The molecule has 116 valence electrons. The molecule has 0 heterocycles. The monoisotopic (exact) mass is 278 g/mol. The molecule has 0 radical (unpaired) electrons. The minimum absolute atomic E-state index is 0.00516. The minimum atomic E-state index is -1.000. The Morgan fingerprint density at radius 3 is 2.00 bits per heavy atom. The molecule has 5 nitrogen and oxygen atoms in total. The first kappa shape index (κ1) is 18.8. The van der Waals surface area contributed by atoms with Crippen LogP contribution in [0.5, 0.6) is 0 Å². The summed E-state index contributed by atoms with van der Waals surface area (Å²) in [4.78, 5) is 0. The summed E-state index contributed by atoms with van der Waals surface area (Å²) in [7, 11) is 1.55. The van der Waals surface area contributed by atoms with Crippen molar-refractivity contribution < 1.29 is 24.8 Å². The van der Waals surface area contributed by atoms with Crippen LogP contribution in [-0.4, -0.2) is 59.1 Å². The summed E-state index contributed by atoms with van der Waals surface area (Å²) in [5.74, 6) is -0.365. The van der Waals surface area contributed by atoms with Gasteiger partial charge in [0.1, 0.15) is 6.10 Å². The van der Waals surface area contributed by atoms with Crippen LogP contribution in [0.3, 0.4) is 0 Å². The van der Waals surface area contributed by atoms with E-state index in [-0.39, 0.29) is 24.7 Å². The molecule has 0 aromatic carbocycles. The van der Waals surface area contributed by atoms with Crippen molar-refractivity contribution >= 4 is 0 Å². The second-order valence-electron chi connectivity index (χ2n) is 6.06. The van der Waals surface area contributed by atoms with Gasteiger partial charge in [-0.3, -0.25) is 0 Å². The number of rotatable bonds is 9. The highest BCUT2D eigenvalue weighted by atomic mass is 16.5. The SMILES string of the molecule is CO[C@@H](C)[C@@H](CC(C)(C)O)[C@@H](O)C(O)COC(C)C. The first-order valence-corrected chi connectivity index (χ1v) is 6.81. The van der Waals surface area contributed by atoms with Gasteiger partial charge in [-0.25, -0.2) is 0 Å². The molecule has 0 aliphatic carbocycles. The molecule has 0 fully saturated rings. The Morgan fingerprint density at radius 2 is 1.63 bits per heavy atom. The van der Waals surface area contributed by atoms with Gasteiger partial charge in [0, 0.05) is 13.0 Å². The molecule has 0 aromatic heterocycles. The third-order valence-corrected chi connectivity index (χ3v) is 3.14. The summed E-state index contributed by atoms with van der Waals surface area (Å²) < 4.78 is 10.5. The van der Waals surface area contributed by atoms with Crippen molar-refractivity contribution in [3.8, 4) is 0 Å². The number of aliphatic hydroxyl groups excluding tert-OH is 2. The number of ether oxygens (including phenoxy) is 2. The molecule has 0 bridgehead atoms. The molecule has 5 heteroatoms. The molecule has 0 aliphatic rings. The molecular formula is C14H30O5. The van der Waals surface area contributed by atoms with E-state index in [9.17, 15) is 15.3 Å². The van der Waals surface area contributed by atoms with Crippen molar-refractivity contribution in [3.63, 3.8) is 0 Å². The highest BCUT2D eigenvalue weighted by Gasteiger charge is 2.34. The van der Waals surface area contributed by atoms with Crippen LogP contribution in [0.25, 0.3) is 0 Å². The lowest BCUT2D eigenvalue weighted by Crippen LogP contribution is -2.45. The Kier molecular flexibility index (Phi) is 8.08. The quantitative estimate of drug-likeness (QED) is 0.585. The van der Waals surface area contributed by atoms with Crippen LogP contribution >= 0.6 is 0 Å². The summed E-state index contributed by atoms with van der Waals surface area (Å²) in [6.07, 6.45) is -1.93. The van der Waals surface area contributed by atoms with Crippen molar-refractivity contribution in [1.29, 1.82) is 0 Å². The van der Waals surface area contributed by atoms with Crippen molar-refractivity contribution in [1.82, 2.24) is 0 Å². The van der Waals surface area contributed by atoms with Crippen LogP contribution in [0.1, 0.15) is 41.0 Å². The number of hydrogen-bond acceptors (Lipinski definition) is 5. The van der Waals surface area contributed by atoms with Gasteiger partial charge in [0.25, 0.3) is 0 Å². The highest BCUT2D eigenvalue weighted by Crippen LogP contribution is 2.25. The van der Waals surface area contributed by atoms with Gasteiger partial charge in [0.05, 0.1) is 30.5 Å². The first-order chi connectivity index (χ1) is 8.58. The van der Waals surface area contributed by atoms with E-state index in [0.29, 0.717) is 6.42 Å². The number of methoxy groups -OCH3 is 1. The van der Waals surface area contributed by atoms with E-state index in [4.69, 9.17) is 9.47 Å². The third kappa shape index (κ3) is 7.84. The Labute approximate surface area is 116 Å². The number of aliphatic hydroxyl groups is 3. The fourth-order valence-corrected chi connectivity index (χ4v) is 1.99. The fraction of sp³-hybridized carbons (Fsp3) is 1.00. The van der Waals surface area contributed by atoms with Crippen LogP contribution in [-0.2, 0) is 9.47 Å². The average molecular weight is 278 g/mol. The van der Waals surface area contributed by atoms with E-state index in [0.717, 1.165) is 0 Å². The van der Waals surface area contributed by atoms with Gasteiger partial charge < -0.3 is 24.8 Å². The van der Waals surface area contributed by atoms with Gasteiger partial charge in [-0.2, -0.15) is 0 Å². The molecule has 0 aromatic rings.